The second kappa shape index (κ2) is 6.12. The first-order chi connectivity index (χ1) is 9.13. The summed E-state index contributed by atoms with van der Waals surface area (Å²) in [5, 5.41) is 16.0. The van der Waals surface area contributed by atoms with Crippen LogP contribution in [0.1, 0.15) is 44.2 Å². The quantitative estimate of drug-likeness (QED) is 0.914. The van der Waals surface area contributed by atoms with Crippen LogP contribution in [0.25, 0.3) is 0 Å². The summed E-state index contributed by atoms with van der Waals surface area (Å²) in [6.45, 7) is 7.07. The van der Waals surface area contributed by atoms with E-state index in [1.807, 2.05) is 28.9 Å². The lowest BCUT2D eigenvalue weighted by Crippen LogP contribution is -2.23. The molecule has 1 aromatic carbocycles. The highest BCUT2D eigenvalue weighted by molar-refractivity contribution is 6.30. The molecule has 0 radical (unpaired) electrons. The van der Waals surface area contributed by atoms with Gasteiger partial charge < -0.3 is 5.32 Å². The molecule has 2 atom stereocenters. The summed E-state index contributed by atoms with van der Waals surface area (Å²) < 4.78 is 1.84. The van der Waals surface area contributed by atoms with Crippen LogP contribution in [0.4, 0.5) is 0 Å². The molecule has 5 nitrogen and oxygen atoms in total. The van der Waals surface area contributed by atoms with Gasteiger partial charge in [-0.1, -0.05) is 30.7 Å². The van der Waals surface area contributed by atoms with Crippen LogP contribution in [-0.2, 0) is 0 Å². The smallest absolute Gasteiger partial charge is 0.168 e. The van der Waals surface area contributed by atoms with Crippen molar-refractivity contribution in [2.45, 2.75) is 32.9 Å². The Morgan fingerprint density at radius 3 is 2.58 bits per heavy atom. The van der Waals surface area contributed by atoms with Crippen LogP contribution in [0.2, 0.25) is 5.02 Å². The second-order valence-corrected chi connectivity index (χ2v) is 4.92. The molecule has 0 fully saturated rings. The summed E-state index contributed by atoms with van der Waals surface area (Å²) in [5.41, 5.74) is 1.13. The highest BCUT2D eigenvalue weighted by Gasteiger charge is 2.18. The molecule has 1 aromatic heterocycles. The first kappa shape index (κ1) is 14.0. The number of aromatic nitrogens is 4. The minimum Gasteiger partial charge on any atom is -0.308 e. The third-order valence-electron chi connectivity index (χ3n) is 3.14. The number of hydrogen-bond donors (Lipinski definition) is 1. The van der Waals surface area contributed by atoms with Crippen molar-refractivity contribution in [1.29, 1.82) is 0 Å². The summed E-state index contributed by atoms with van der Waals surface area (Å²) in [6, 6.07) is 7.95. The Balaban J connectivity index is 2.26. The number of rotatable bonds is 5. The van der Waals surface area contributed by atoms with Crippen molar-refractivity contribution in [3.63, 3.8) is 0 Å². The fourth-order valence-corrected chi connectivity index (χ4v) is 2.17. The van der Waals surface area contributed by atoms with E-state index in [9.17, 15) is 0 Å². The van der Waals surface area contributed by atoms with Gasteiger partial charge in [0.1, 0.15) is 0 Å². The number of nitrogens with zero attached hydrogens (tertiary/aromatic N) is 4. The summed E-state index contributed by atoms with van der Waals surface area (Å²) in [4.78, 5) is 0. The molecule has 2 unspecified atom stereocenters. The lowest BCUT2D eigenvalue weighted by atomic mass is 10.1. The lowest BCUT2D eigenvalue weighted by molar-refractivity contribution is 0.471. The Labute approximate surface area is 118 Å². The molecule has 6 heteroatoms. The van der Waals surface area contributed by atoms with E-state index in [4.69, 9.17) is 11.6 Å². The van der Waals surface area contributed by atoms with Crippen molar-refractivity contribution < 1.29 is 0 Å². The molecule has 0 spiro atoms. The molecule has 1 N–H and O–H groups in total. The van der Waals surface area contributed by atoms with Crippen molar-refractivity contribution in [3.8, 4) is 0 Å². The number of benzene rings is 1. The molecule has 0 aliphatic carbocycles. The van der Waals surface area contributed by atoms with Crippen LogP contribution in [0.15, 0.2) is 24.3 Å². The van der Waals surface area contributed by atoms with E-state index < -0.39 is 0 Å². The van der Waals surface area contributed by atoms with E-state index in [2.05, 4.69) is 41.6 Å². The molecular formula is C13H18ClN5. The summed E-state index contributed by atoms with van der Waals surface area (Å²) in [6.07, 6.45) is 0. The number of tetrazole rings is 1. The fourth-order valence-electron chi connectivity index (χ4n) is 2.04. The summed E-state index contributed by atoms with van der Waals surface area (Å²) in [5.74, 6) is 0.837. The second-order valence-electron chi connectivity index (χ2n) is 4.49. The lowest BCUT2D eigenvalue weighted by Gasteiger charge is -2.17. The normalized spacial score (nSPS) is 14.3. The molecule has 2 aromatic rings. The minimum absolute atomic E-state index is 0.0726. The van der Waals surface area contributed by atoms with Crippen molar-refractivity contribution in [2.24, 2.45) is 0 Å². The van der Waals surface area contributed by atoms with Crippen molar-refractivity contribution in [3.05, 3.63) is 40.7 Å². The molecule has 0 saturated carbocycles. The van der Waals surface area contributed by atoms with E-state index in [1.54, 1.807) is 0 Å². The molecule has 0 saturated heterocycles. The Hall–Kier alpha value is -1.46. The van der Waals surface area contributed by atoms with Gasteiger partial charge in [-0.05, 0) is 48.5 Å². The predicted molar refractivity (Wildman–Crippen MR) is 75.2 cm³/mol. The van der Waals surface area contributed by atoms with E-state index in [-0.39, 0.29) is 12.1 Å². The average Bonchev–Trinajstić information content (AvgIpc) is 2.88. The molecule has 1 heterocycles. The molecule has 2 rings (SSSR count). The van der Waals surface area contributed by atoms with Crippen LogP contribution >= 0.6 is 11.6 Å². The summed E-state index contributed by atoms with van der Waals surface area (Å²) >= 11 is 5.91. The molecule has 19 heavy (non-hydrogen) atoms. The first-order valence-electron chi connectivity index (χ1n) is 6.40. The van der Waals surface area contributed by atoms with Gasteiger partial charge in [0.05, 0.1) is 12.1 Å². The van der Waals surface area contributed by atoms with Crippen LogP contribution in [0.5, 0.6) is 0 Å². The predicted octanol–water partition coefficient (Wildman–Crippen LogP) is 2.61. The van der Waals surface area contributed by atoms with Gasteiger partial charge in [-0.3, -0.25) is 0 Å². The van der Waals surface area contributed by atoms with E-state index in [0.29, 0.717) is 0 Å². The zero-order valence-electron chi connectivity index (χ0n) is 11.3. The van der Waals surface area contributed by atoms with Crippen LogP contribution in [0, 0.1) is 0 Å². The molecular weight excluding hydrogens is 262 g/mol. The number of hydrogen-bond acceptors (Lipinski definition) is 4. The maximum absolute atomic E-state index is 5.91. The Kier molecular flexibility index (Phi) is 4.50. The molecule has 102 valence electrons. The third kappa shape index (κ3) is 3.11. The number of halogens is 1. The first-order valence-corrected chi connectivity index (χ1v) is 6.78. The summed E-state index contributed by atoms with van der Waals surface area (Å²) in [7, 11) is 0. The highest BCUT2D eigenvalue weighted by Crippen LogP contribution is 2.21. The maximum Gasteiger partial charge on any atom is 0.168 e. The van der Waals surface area contributed by atoms with Crippen LogP contribution < -0.4 is 5.32 Å². The average molecular weight is 280 g/mol. The minimum atomic E-state index is 0.0726. The largest absolute Gasteiger partial charge is 0.308 e. The van der Waals surface area contributed by atoms with Crippen molar-refractivity contribution in [1.82, 2.24) is 25.5 Å². The van der Waals surface area contributed by atoms with Crippen molar-refractivity contribution in [2.75, 3.05) is 6.54 Å². The van der Waals surface area contributed by atoms with Gasteiger partial charge in [-0.25, -0.2) is 4.68 Å². The standard InChI is InChI=1S/C13H18ClN5/c1-4-15-9(2)13-16-17-18-19(13)10(3)11-5-7-12(14)8-6-11/h5-10,15H,4H2,1-3H3. The Bertz CT molecular complexity index is 522. The third-order valence-corrected chi connectivity index (χ3v) is 3.39. The van der Waals surface area contributed by atoms with E-state index >= 15 is 0 Å². The molecule has 0 aliphatic rings. The number of nitrogens with one attached hydrogen (secondary N) is 1. The SMILES string of the molecule is CCNC(C)c1nnnn1C(C)c1ccc(Cl)cc1. The highest BCUT2D eigenvalue weighted by atomic mass is 35.5. The zero-order chi connectivity index (χ0) is 13.8. The van der Waals surface area contributed by atoms with Crippen LogP contribution in [0.3, 0.4) is 0 Å². The fraction of sp³-hybridized carbons (Fsp3) is 0.462. The van der Waals surface area contributed by atoms with Crippen molar-refractivity contribution >= 4 is 11.6 Å². The topological polar surface area (TPSA) is 55.6 Å². The van der Waals surface area contributed by atoms with Crippen LogP contribution in [-0.4, -0.2) is 26.8 Å². The van der Waals surface area contributed by atoms with E-state index in [1.165, 1.54) is 0 Å². The Morgan fingerprint density at radius 1 is 1.26 bits per heavy atom. The maximum atomic E-state index is 5.91. The monoisotopic (exact) mass is 279 g/mol. The van der Waals surface area contributed by atoms with Gasteiger partial charge in [-0.2, -0.15) is 0 Å². The van der Waals surface area contributed by atoms with Gasteiger partial charge >= 0.3 is 0 Å². The molecule has 0 amide bonds. The van der Waals surface area contributed by atoms with Gasteiger partial charge in [0.15, 0.2) is 5.82 Å². The molecule has 0 bridgehead atoms. The van der Waals surface area contributed by atoms with Gasteiger partial charge in [0, 0.05) is 5.02 Å². The Morgan fingerprint density at radius 2 is 1.95 bits per heavy atom. The van der Waals surface area contributed by atoms with Gasteiger partial charge in [0.2, 0.25) is 0 Å². The molecule has 0 aliphatic heterocycles. The van der Waals surface area contributed by atoms with E-state index in [0.717, 1.165) is 23.0 Å². The van der Waals surface area contributed by atoms with Gasteiger partial charge in [-0.15, -0.1) is 5.10 Å². The van der Waals surface area contributed by atoms with Gasteiger partial charge in [0.25, 0.3) is 0 Å². The zero-order valence-corrected chi connectivity index (χ0v) is 12.1.